The van der Waals surface area contributed by atoms with Gasteiger partial charge in [-0.05, 0) is 32.4 Å². The Bertz CT molecular complexity index is 431. The van der Waals surface area contributed by atoms with Gasteiger partial charge in [-0.15, -0.1) is 0 Å². The van der Waals surface area contributed by atoms with Gasteiger partial charge in [-0.3, -0.25) is 4.79 Å². The molecule has 3 N–H and O–H groups in total. The topological polar surface area (TPSA) is 64.4 Å². The third-order valence-electron chi connectivity index (χ3n) is 2.37. The van der Waals surface area contributed by atoms with E-state index in [2.05, 4.69) is 10.1 Å². The van der Waals surface area contributed by atoms with Crippen molar-refractivity contribution in [1.82, 2.24) is 0 Å². The molecule has 1 amide bonds. The first-order valence-electron chi connectivity index (χ1n) is 5.90. The number of carbonyl (C=O) groups is 1. The molecule has 0 heterocycles. The summed E-state index contributed by atoms with van der Waals surface area (Å²) in [6.45, 7) is 0.698. The fraction of sp³-hybridized carbons (Fsp3) is 0.462. The summed E-state index contributed by atoms with van der Waals surface area (Å²) in [5, 5.41) is 2.54. The second-order valence-corrected chi connectivity index (χ2v) is 4.91. The van der Waals surface area contributed by atoms with E-state index in [9.17, 15) is 13.6 Å². The number of hydrogen-bond donors (Lipinski definition) is 2. The zero-order valence-electron chi connectivity index (χ0n) is 11.0. The van der Waals surface area contributed by atoms with Crippen LogP contribution in [0.25, 0.3) is 0 Å². The maximum Gasteiger partial charge on any atom is 0.387 e. The van der Waals surface area contributed by atoms with E-state index < -0.39 is 12.2 Å². The molecule has 1 rings (SSSR count). The summed E-state index contributed by atoms with van der Waals surface area (Å²) >= 11 is 0. The molecule has 19 heavy (non-hydrogen) atoms. The normalized spacial score (nSPS) is 11.5. The summed E-state index contributed by atoms with van der Waals surface area (Å²) < 4.78 is 28.7. The van der Waals surface area contributed by atoms with E-state index in [-0.39, 0.29) is 23.8 Å². The molecule has 0 unspecified atom stereocenters. The minimum Gasteiger partial charge on any atom is -0.433 e. The number of ether oxygens (including phenoxy) is 1. The van der Waals surface area contributed by atoms with Crippen molar-refractivity contribution in [3.05, 3.63) is 24.3 Å². The number of para-hydroxylation sites is 2. The number of halogens is 2. The van der Waals surface area contributed by atoms with Crippen LogP contribution in [0.5, 0.6) is 5.75 Å². The van der Waals surface area contributed by atoms with E-state index in [4.69, 9.17) is 5.73 Å². The summed E-state index contributed by atoms with van der Waals surface area (Å²) in [6.07, 6.45) is 0.712. The average Bonchev–Trinajstić information content (AvgIpc) is 2.27. The lowest BCUT2D eigenvalue weighted by Crippen LogP contribution is -2.33. The third kappa shape index (κ3) is 6.15. The minimum atomic E-state index is -2.93. The number of carbonyl (C=O) groups excluding carboxylic acids is 1. The van der Waals surface area contributed by atoms with E-state index >= 15 is 0 Å². The fourth-order valence-corrected chi connectivity index (χ4v) is 1.42. The largest absolute Gasteiger partial charge is 0.433 e. The van der Waals surface area contributed by atoms with Crippen LogP contribution >= 0.6 is 0 Å². The summed E-state index contributed by atoms with van der Waals surface area (Å²) in [4.78, 5) is 11.7. The molecular weight excluding hydrogens is 254 g/mol. The van der Waals surface area contributed by atoms with Crippen molar-refractivity contribution in [2.45, 2.75) is 38.8 Å². The molecule has 6 heteroatoms. The van der Waals surface area contributed by atoms with Crippen molar-refractivity contribution in [1.29, 1.82) is 0 Å². The number of benzene rings is 1. The highest BCUT2D eigenvalue weighted by Crippen LogP contribution is 2.25. The SMILES string of the molecule is CC(C)(N)CCC(=O)Nc1ccccc1OC(F)F. The molecule has 0 radical (unpaired) electrons. The van der Waals surface area contributed by atoms with Crippen molar-refractivity contribution in [3.63, 3.8) is 0 Å². The quantitative estimate of drug-likeness (QED) is 0.837. The van der Waals surface area contributed by atoms with Gasteiger partial charge in [0, 0.05) is 12.0 Å². The van der Waals surface area contributed by atoms with Gasteiger partial charge in [-0.25, -0.2) is 0 Å². The molecule has 1 aromatic rings. The second-order valence-electron chi connectivity index (χ2n) is 4.91. The highest BCUT2D eigenvalue weighted by atomic mass is 19.3. The Balaban J connectivity index is 2.63. The lowest BCUT2D eigenvalue weighted by molar-refractivity contribution is -0.116. The molecule has 0 aliphatic heterocycles. The Labute approximate surface area is 110 Å². The van der Waals surface area contributed by atoms with Crippen LogP contribution in [0.2, 0.25) is 0 Å². The molecule has 0 fully saturated rings. The average molecular weight is 272 g/mol. The van der Waals surface area contributed by atoms with E-state index in [1.807, 2.05) is 13.8 Å². The van der Waals surface area contributed by atoms with Crippen molar-refractivity contribution in [3.8, 4) is 5.75 Å². The molecule has 106 valence electrons. The Morgan fingerprint density at radius 2 is 2.05 bits per heavy atom. The number of rotatable bonds is 6. The Hall–Kier alpha value is -1.69. The number of anilines is 1. The number of alkyl halides is 2. The number of nitrogens with two attached hydrogens (primary N) is 1. The molecule has 0 aliphatic rings. The predicted molar refractivity (Wildman–Crippen MR) is 69.2 cm³/mol. The van der Waals surface area contributed by atoms with Crippen LogP contribution in [-0.4, -0.2) is 18.1 Å². The van der Waals surface area contributed by atoms with E-state index in [0.717, 1.165) is 0 Å². The molecule has 0 aliphatic carbocycles. The highest BCUT2D eigenvalue weighted by molar-refractivity contribution is 5.92. The second kappa shape index (κ2) is 6.47. The van der Waals surface area contributed by atoms with Gasteiger partial charge in [-0.2, -0.15) is 8.78 Å². The van der Waals surface area contributed by atoms with Crippen LogP contribution in [0.4, 0.5) is 14.5 Å². The van der Waals surface area contributed by atoms with Crippen LogP contribution in [0.1, 0.15) is 26.7 Å². The zero-order valence-corrected chi connectivity index (χ0v) is 11.0. The Morgan fingerprint density at radius 1 is 1.42 bits per heavy atom. The number of nitrogens with one attached hydrogen (secondary N) is 1. The summed E-state index contributed by atoms with van der Waals surface area (Å²) in [7, 11) is 0. The molecule has 1 aromatic carbocycles. The molecule has 0 saturated carbocycles. The molecule has 0 spiro atoms. The lowest BCUT2D eigenvalue weighted by Gasteiger charge is -2.18. The van der Waals surface area contributed by atoms with Gasteiger partial charge < -0.3 is 15.8 Å². The predicted octanol–water partition coefficient (Wildman–Crippen LogP) is 2.74. The first kappa shape index (κ1) is 15.4. The molecule has 0 bridgehead atoms. The Morgan fingerprint density at radius 3 is 2.63 bits per heavy atom. The smallest absolute Gasteiger partial charge is 0.387 e. The Kier molecular flexibility index (Phi) is 5.23. The summed E-state index contributed by atoms with van der Waals surface area (Å²) in [6, 6.07) is 6.05. The summed E-state index contributed by atoms with van der Waals surface area (Å²) in [5.74, 6) is -0.346. The first-order valence-corrected chi connectivity index (χ1v) is 5.90. The third-order valence-corrected chi connectivity index (χ3v) is 2.37. The monoisotopic (exact) mass is 272 g/mol. The molecule has 4 nitrogen and oxygen atoms in total. The van der Waals surface area contributed by atoms with Gasteiger partial charge in [0.25, 0.3) is 0 Å². The van der Waals surface area contributed by atoms with Gasteiger partial charge in [0.05, 0.1) is 5.69 Å². The van der Waals surface area contributed by atoms with Crippen LogP contribution in [-0.2, 0) is 4.79 Å². The van der Waals surface area contributed by atoms with Crippen LogP contribution < -0.4 is 15.8 Å². The van der Waals surface area contributed by atoms with Crippen LogP contribution in [0, 0.1) is 0 Å². The lowest BCUT2D eigenvalue weighted by atomic mass is 10.00. The van der Waals surface area contributed by atoms with Crippen LogP contribution in [0.15, 0.2) is 24.3 Å². The van der Waals surface area contributed by atoms with Gasteiger partial charge in [0.15, 0.2) is 0 Å². The minimum absolute atomic E-state index is 0.0575. The van der Waals surface area contributed by atoms with Gasteiger partial charge in [0.2, 0.25) is 5.91 Å². The molecule has 0 aromatic heterocycles. The number of amides is 1. The maximum atomic E-state index is 12.2. The van der Waals surface area contributed by atoms with Gasteiger partial charge >= 0.3 is 6.61 Å². The maximum absolute atomic E-state index is 12.2. The standard InChI is InChI=1S/C13H18F2N2O2/c1-13(2,16)8-7-11(18)17-9-5-3-4-6-10(9)19-12(14)15/h3-6,12H,7-8,16H2,1-2H3,(H,17,18). The zero-order chi connectivity index (χ0) is 14.5. The van der Waals surface area contributed by atoms with E-state index in [1.165, 1.54) is 12.1 Å². The number of hydrogen-bond acceptors (Lipinski definition) is 3. The van der Waals surface area contributed by atoms with Gasteiger partial charge in [-0.1, -0.05) is 12.1 Å². The molecule has 0 saturated heterocycles. The van der Waals surface area contributed by atoms with E-state index in [1.54, 1.807) is 12.1 Å². The van der Waals surface area contributed by atoms with Crippen molar-refractivity contribution in [2.75, 3.05) is 5.32 Å². The highest BCUT2D eigenvalue weighted by Gasteiger charge is 2.15. The van der Waals surface area contributed by atoms with Crippen molar-refractivity contribution in [2.24, 2.45) is 5.73 Å². The van der Waals surface area contributed by atoms with Gasteiger partial charge in [0.1, 0.15) is 5.75 Å². The van der Waals surface area contributed by atoms with Crippen molar-refractivity contribution >= 4 is 11.6 Å². The van der Waals surface area contributed by atoms with Crippen molar-refractivity contribution < 1.29 is 18.3 Å². The fourth-order valence-electron chi connectivity index (χ4n) is 1.42. The molecule has 0 atom stereocenters. The van der Waals surface area contributed by atoms with E-state index in [0.29, 0.717) is 6.42 Å². The van der Waals surface area contributed by atoms with Crippen LogP contribution in [0.3, 0.4) is 0 Å². The molecular formula is C13H18F2N2O2. The summed E-state index contributed by atoms with van der Waals surface area (Å²) in [5.41, 5.74) is 5.55. The first-order chi connectivity index (χ1) is 8.78.